The van der Waals surface area contributed by atoms with E-state index in [1.165, 1.54) is 6.07 Å². The molecular weight excluding hydrogens is 632 g/mol. The molecule has 6 rings (SSSR count). The van der Waals surface area contributed by atoms with E-state index in [4.69, 9.17) is 24.7 Å². The molecule has 0 N–H and O–H groups in total. The van der Waals surface area contributed by atoms with Crippen LogP contribution in [0.1, 0.15) is 43.5 Å². The molecule has 0 unspecified atom stereocenters. The van der Waals surface area contributed by atoms with Crippen LogP contribution in [0.4, 0.5) is 14.5 Å². The van der Waals surface area contributed by atoms with E-state index >= 15 is 0 Å². The number of carbonyl (C=O) groups is 1. The molecule has 1 amide bonds. The van der Waals surface area contributed by atoms with Gasteiger partial charge in [-0.05, 0) is 73.2 Å². The quantitative estimate of drug-likeness (QED) is 0.0451. The molecule has 252 valence electrons. The molecule has 1 saturated heterocycles. The first kappa shape index (κ1) is 33.2. The standard InChI is InChI=1S/C36H35F2N7O4/c37-36(38)49-32-11-3-2-8-27(32)23-45-31-20-25(26-14-16-34(40-22-26)47-19-5-1-4-17-41-43-39)13-15-30(31)42-33(45)24-48-29-10-6-9-28(21-29)44-18-7-12-35(44)46/h2-3,6,8-11,13-16,20-22,36H,1,4-5,7,12,17-19,23-24H2. The Hall–Kier alpha value is -5.68. The predicted molar refractivity (Wildman–Crippen MR) is 181 cm³/mol. The first-order valence-corrected chi connectivity index (χ1v) is 16.1. The zero-order valence-electron chi connectivity index (χ0n) is 26.8. The fourth-order valence-electron chi connectivity index (χ4n) is 5.78. The lowest BCUT2D eigenvalue weighted by Crippen LogP contribution is -2.23. The highest BCUT2D eigenvalue weighted by Crippen LogP contribution is 2.30. The molecule has 0 atom stereocenters. The molecule has 0 bridgehead atoms. The molecule has 0 aliphatic carbocycles. The third-order valence-electron chi connectivity index (χ3n) is 8.20. The number of alkyl halides is 2. The monoisotopic (exact) mass is 667 g/mol. The lowest BCUT2D eigenvalue weighted by atomic mass is 10.1. The number of pyridine rings is 1. The van der Waals surface area contributed by atoms with Crippen LogP contribution in [0.15, 0.2) is 90.2 Å². The Morgan fingerprint density at radius 2 is 1.84 bits per heavy atom. The average Bonchev–Trinajstić information content (AvgIpc) is 3.70. The van der Waals surface area contributed by atoms with Crippen LogP contribution in [0.3, 0.4) is 0 Å². The number of ether oxygens (including phenoxy) is 3. The Balaban J connectivity index is 1.25. The number of hydrogen-bond acceptors (Lipinski definition) is 7. The van der Waals surface area contributed by atoms with Crippen molar-refractivity contribution in [3.05, 3.63) is 107 Å². The van der Waals surface area contributed by atoms with Crippen molar-refractivity contribution in [2.75, 3.05) is 24.6 Å². The minimum atomic E-state index is -2.96. The van der Waals surface area contributed by atoms with Crippen molar-refractivity contribution in [1.82, 2.24) is 14.5 Å². The van der Waals surface area contributed by atoms with Gasteiger partial charge in [-0.15, -0.1) is 0 Å². The number of aromatic nitrogens is 3. The van der Waals surface area contributed by atoms with Crippen molar-refractivity contribution in [2.24, 2.45) is 5.11 Å². The van der Waals surface area contributed by atoms with Gasteiger partial charge < -0.3 is 23.7 Å². The number of halogens is 2. The molecule has 1 fully saturated rings. The summed E-state index contributed by atoms with van der Waals surface area (Å²) in [6.07, 6.45) is 5.63. The van der Waals surface area contributed by atoms with Crippen molar-refractivity contribution in [3.8, 4) is 28.5 Å². The van der Waals surface area contributed by atoms with Gasteiger partial charge in [0, 0.05) is 59.6 Å². The number of para-hydroxylation sites is 1. The summed E-state index contributed by atoms with van der Waals surface area (Å²) in [6.45, 7) is -1.000. The van der Waals surface area contributed by atoms with Gasteiger partial charge in [-0.3, -0.25) is 4.79 Å². The van der Waals surface area contributed by atoms with E-state index in [1.807, 2.05) is 59.2 Å². The zero-order chi connectivity index (χ0) is 34.0. The van der Waals surface area contributed by atoms with Gasteiger partial charge in [0.05, 0.1) is 24.2 Å². The molecular formula is C36H35F2N7O4. The molecule has 3 aromatic carbocycles. The number of unbranched alkanes of at least 4 members (excludes halogenated alkanes) is 2. The number of imidazole rings is 1. The highest BCUT2D eigenvalue weighted by Gasteiger charge is 2.22. The highest BCUT2D eigenvalue weighted by atomic mass is 19.3. The molecule has 5 aromatic rings. The smallest absolute Gasteiger partial charge is 0.387 e. The Morgan fingerprint density at radius 1 is 0.959 bits per heavy atom. The Labute approximate surface area is 281 Å². The van der Waals surface area contributed by atoms with Crippen LogP contribution in [-0.2, 0) is 17.9 Å². The second-order valence-electron chi connectivity index (χ2n) is 11.5. The van der Waals surface area contributed by atoms with Gasteiger partial charge in [0.15, 0.2) is 0 Å². The van der Waals surface area contributed by atoms with E-state index in [0.717, 1.165) is 48.0 Å². The second kappa shape index (κ2) is 15.9. The maximum absolute atomic E-state index is 13.3. The summed E-state index contributed by atoms with van der Waals surface area (Å²) in [7, 11) is 0. The van der Waals surface area contributed by atoms with Gasteiger partial charge in [-0.25, -0.2) is 9.97 Å². The molecule has 1 aliphatic heterocycles. The van der Waals surface area contributed by atoms with E-state index < -0.39 is 6.61 Å². The summed E-state index contributed by atoms with van der Waals surface area (Å²) >= 11 is 0. The maximum atomic E-state index is 13.3. The van der Waals surface area contributed by atoms with E-state index in [1.54, 1.807) is 29.3 Å². The lowest BCUT2D eigenvalue weighted by Gasteiger charge is -2.17. The number of nitrogens with zero attached hydrogens (tertiary/aromatic N) is 7. The van der Waals surface area contributed by atoms with Crippen LogP contribution < -0.4 is 19.1 Å². The number of carbonyl (C=O) groups excluding carboxylic acids is 1. The number of benzene rings is 3. The third kappa shape index (κ3) is 8.43. The maximum Gasteiger partial charge on any atom is 0.387 e. The molecule has 2 aromatic heterocycles. The highest BCUT2D eigenvalue weighted by molar-refractivity contribution is 5.95. The van der Waals surface area contributed by atoms with Crippen molar-refractivity contribution >= 4 is 22.6 Å². The fraction of sp³-hybridized carbons (Fsp3) is 0.306. The van der Waals surface area contributed by atoms with E-state index in [0.29, 0.717) is 54.7 Å². The minimum Gasteiger partial charge on any atom is -0.486 e. The molecule has 1 aliphatic rings. The van der Waals surface area contributed by atoms with Crippen LogP contribution in [-0.4, -0.2) is 46.8 Å². The fourth-order valence-corrected chi connectivity index (χ4v) is 5.78. The molecule has 3 heterocycles. The average molecular weight is 668 g/mol. The second-order valence-corrected chi connectivity index (χ2v) is 11.5. The van der Waals surface area contributed by atoms with Crippen molar-refractivity contribution in [1.29, 1.82) is 0 Å². The summed E-state index contributed by atoms with van der Waals surface area (Å²) < 4.78 is 45.3. The van der Waals surface area contributed by atoms with Crippen LogP contribution >= 0.6 is 0 Å². The Kier molecular flexibility index (Phi) is 10.8. The topological polar surface area (TPSA) is 127 Å². The largest absolute Gasteiger partial charge is 0.486 e. The minimum absolute atomic E-state index is 0.0841. The normalized spacial score (nSPS) is 12.8. The molecule has 49 heavy (non-hydrogen) atoms. The number of fused-ring (bicyclic) bond motifs is 1. The summed E-state index contributed by atoms with van der Waals surface area (Å²) in [4.78, 5) is 26.2. The van der Waals surface area contributed by atoms with E-state index in [2.05, 4.69) is 15.0 Å². The van der Waals surface area contributed by atoms with Crippen LogP contribution in [0.5, 0.6) is 17.4 Å². The van der Waals surface area contributed by atoms with Crippen molar-refractivity contribution in [2.45, 2.75) is 51.9 Å². The van der Waals surface area contributed by atoms with Gasteiger partial charge in [-0.1, -0.05) is 35.4 Å². The number of hydrogen-bond donors (Lipinski definition) is 0. The van der Waals surface area contributed by atoms with E-state index in [9.17, 15) is 13.6 Å². The van der Waals surface area contributed by atoms with Crippen molar-refractivity contribution < 1.29 is 27.8 Å². The summed E-state index contributed by atoms with van der Waals surface area (Å²) in [5.74, 6) is 1.86. The Bertz CT molecular complexity index is 1940. The van der Waals surface area contributed by atoms with Gasteiger partial charge >= 0.3 is 6.61 Å². The number of amides is 1. The SMILES string of the molecule is [N-]=[N+]=NCCCCCOc1ccc(-c2ccc3nc(COc4cccc(N5CCCC5=O)c4)n(Cc4ccccc4OC(F)F)c3c2)cn1. The van der Waals surface area contributed by atoms with Crippen LogP contribution in [0.2, 0.25) is 0 Å². The van der Waals surface area contributed by atoms with Gasteiger partial charge in [0.25, 0.3) is 0 Å². The lowest BCUT2D eigenvalue weighted by molar-refractivity contribution is -0.117. The number of azide groups is 1. The van der Waals surface area contributed by atoms with Crippen molar-refractivity contribution in [3.63, 3.8) is 0 Å². The zero-order valence-corrected chi connectivity index (χ0v) is 26.8. The first-order valence-electron chi connectivity index (χ1n) is 16.1. The third-order valence-corrected chi connectivity index (χ3v) is 8.20. The molecule has 13 heteroatoms. The summed E-state index contributed by atoms with van der Waals surface area (Å²) in [5, 5.41) is 3.54. The summed E-state index contributed by atoms with van der Waals surface area (Å²) in [6, 6.07) is 23.7. The molecule has 11 nitrogen and oxygen atoms in total. The number of anilines is 1. The van der Waals surface area contributed by atoms with Gasteiger partial charge in [-0.2, -0.15) is 8.78 Å². The van der Waals surface area contributed by atoms with Gasteiger partial charge in [0.2, 0.25) is 11.8 Å². The molecule has 0 saturated carbocycles. The van der Waals surface area contributed by atoms with Crippen LogP contribution in [0.25, 0.3) is 32.6 Å². The summed E-state index contributed by atoms with van der Waals surface area (Å²) in [5.41, 5.74) is 12.9. The van der Waals surface area contributed by atoms with Crippen LogP contribution in [0, 0.1) is 0 Å². The molecule has 0 radical (unpaired) electrons. The first-order chi connectivity index (χ1) is 24.0. The van der Waals surface area contributed by atoms with Gasteiger partial charge in [0.1, 0.15) is 23.9 Å². The predicted octanol–water partition coefficient (Wildman–Crippen LogP) is 8.31. The number of rotatable bonds is 16. The van der Waals surface area contributed by atoms with E-state index in [-0.39, 0.29) is 24.8 Å². The Morgan fingerprint density at radius 3 is 2.63 bits per heavy atom. The molecule has 0 spiro atoms.